The maximum atomic E-state index is 5.85. The van der Waals surface area contributed by atoms with Gasteiger partial charge in [-0.1, -0.05) is 0 Å². The number of nitrogens with zero attached hydrogens (tertiary/aromatic N) is 1. The molecule has 2 unspecified atom stereocenters. The Morgan fingerprint density at radius 2 is 2.37 bits per heavy atom. The van der Waals surface area contributed by atoms with Crippen LogP contribution in [0.2, 0.25) is 0 Å². The SMILES string of the molecule is c1cc(CCNCCN2CCOC3CCCC32)cs1. The smallest absolute Gasteiger partial charge is 0.0730 e. The Labute approximate surface area is 119 Å². The predicted molar refractivity (Wildman–Crippen MR) is 79.8 cm³/mol. The second-order valence-electron chi connectivity index (χ2n) is 5.58. The summed E-state index contributed by atoms with van der Waals surface area (Å²) in [6, 6.07) is 2.92. The zero-order chi connectivity index (χ0) is 12.9. The second-order valence-corrected chi connectivity index (χ2v) is 6.36. The molecule has 1 aliphatic heterocycles. The van der Waals surface area contributed by atoms with Crippen LogP contribution in [0.3, 0.4) is 0 Å². The highest BCUT2D eigenvalue weighted by Crippen LogP contribution is 2.29. The molecule has 106 valence electrons. The van der Waals surface area contributed by atoms with E-state index in [1.54, 1.807) is 11.3 Å². The van der Waals surface area contributed by atoms with E-state index in [9.17, 15) is 0 Å². The topological polar surface area (TPSA) is 24.5 Å². The molecule has 1 N–H and O–H groups in total. The maximum Gasteiger partial charge on any atom is 0.0730 e. The summed E-state index contributed by atoms with van der Waals surface area (Å²) in [7, 11) is 0. The Bertz CT molecular complexity index is 368. The van der Waals surface area contributed by atoms with Crippen LogP contribution in [0.15, 0.2) is 16.8 Å². The molecule has 0 spiro atoms. The van der Waals surface area contributed by atoms with E-state index in [1.165, 1.54) is 31.4 Å². The molecule has 3 rings (SSSR count). The molecule has 0 aromatic carbocycles. The van der Waals surface area contributed by atoms with Crippen molar-refractivity contribution in [1.29, 1.82) is 0 Å². The van der Waals surface area contributed by atoms with Gasteiger partial charge < -0.3 is 10.1 Å². The number of fused-ring (bicyclic) bond motifs is 1. The molecule has 4 heteroatoms. The summed E-state index contributed by atoms with van der Waals surface area (Å²) >= 11 is 1.79. The first-order valence-corrected chi connectivity index (χ1v) is 8.45. The molecular weight excluding hydrogens is 256 g/mol. The lowest BCUT2D eigenvalue weighted by molar-refractivity contribution is -0.0548. The molecule has 1 aliphatic carbocycles. The minimum atomic E-state index is 0.527. The Morgan fingerprint density at radius 1 is 1.37 bits per heavy atom. The van der Waals surface area contributed by atoms with Crippen LogP contribution in [-0.2, 0) is 11.2 Å². The first-order valence-electron chi connectivity index (χ1n) is 7.51. The monoisotopic (exact) mass is 280 g/mol. The third kappa shape index (κ3) is 3.57. The van der Waals surface area contributed by atoms with Crippen molar-refractivity contribution in [1.82, 2.24) is 10.2 Å². The highest BCUT2D eigenvalue weighted by Gasteiger charge is 2.35. The summed E-state index contributed by atoms with van der Waals surface area (Å²) in [5.74, 6) is 0. The van der Waals surface area contributed by atoms with Crippen LogP contribution in [0, 0.1) is 0 Å². The quantitative estimate of drug-likeness (QED) is 0.808. The lowest BCUT2D eigenvalue weighted by Crippen LogP contribution is -2.50. The molecule has 0 amide bonds. The summed E-state index contributed by atoms with van der Waals surface area (Å²) in [5.41, 5.74) is 1.46. The second kappa shape index (κ2) is 6.84. The van der Waals surface area contributed by atoms with E-state index in [2.05, 4.69) is 27.0 Å². The summed E-state index contributed by atoms with van der Waals surface area (Å²) in [6.45, 7) is 5.42. The van der Waals surface area contributed by atoms with Gasteiger partial charge in [-0.2, -0.15) is 11.3 Å². The van der Waals surface area contributed by atoms with E-state index in [1.807, 2.05) is 0 Å². The first kappa shape index (κ1) is 13.6. The first-order chi connectivity index (χ1) is 9.43. The van der Waals surface area contributed by atoms with Crippen molar-refractivity contribution < 1.29 is 4.74 Å². The molecule has 0 radical (unpaired) electrons. The fourth-order valence-corrected chi connectivity index (χ4v) is 4.00. The Balaban J connectivity index is 1.33. The zero-order valence-electron chi connectivity index (χ0n) is 11.5. The van der Waals surface area contributed by atoms with Crippen molar-refractivity contribution in [3.05, 3.63) is 22.4 Å². The molecule has 0 bridgehead atoms. The van der Waals surface area contributed by atoms with E-state index >= 15 is 0 Å². The Kier molecular flexibility index (Phi) is 4.88. The lowest BCUT2D eigenvalue weighted by atomic mass is 10.1. The summed E-state index contributed by atoms with van der Waals surface area (Å²) in [5, 5.41) is 7.97. The van der Waals surface area contributed by atoms with Crippen LogP contribution < -0.4 is 5.32 Å². The van der Waals surface area contributed by atoms with Gasteiger partial charge in [0.2, 0.25) is 0 Å². The van der Waals surface area contributed by atoms with E-state index in [0.717, 1.165) is 32.7 Å². The third-order valence-electron chi connectivity index (χ3n) is 4.34. The van der Waals surface area contributed by atoms with Crippen molar-refractivity contribution in [2.75, 3.05) is 32.8 Å². The van der Waals surface area contributed by atoms with Gasteiger partial charge in [0.25, 0.3) is 0 Å². The number of hydrogen-bond donors (Lipinski definition) is 1. The van der Waals surface area contributed by atoms with Crippen LogP contribution in [0.25, 0.3) is 0 Å². The number of morpholine rings is 1. The van der Waals surface area contributed by atoms with Crippen molar-refractivity contribution in [3.8, 4) is 0 Å². The molecule has 19 heavy (non-hydrogen) atoms. The minimum absolute atomic E-state index is 0.527. The zero-order valence-corrected chi connectivity index (χ0v) is 12.3. The average molecular weight is 280 g/mol. The van der Waals surface area contributed by atoms with Gasteiger partial charge >= 0.3 is 0 Å². The molecule has 2 aliphatic rings. The van der Waals surface area contributed by atoms with Crippen LogP contribution in [0.4, 0.5) is 0 Å². The number of thiophene rings is 1. The number of hydrogen-bond acceptors (Lipinski definition) is 4. The Hall–Kier alpha value is -0.420. The van der Waals surface area contributed by atoms with E-state index in [4.69, 9.17) is 4.74 Å². The standard InChI is InChI=1S/C15H24N2OS/c1-2-14-15(3-1)18-10-9-17(14)8-7-16-6-4-13-5-11-19-12-13/h5,11-12,14-16H,1-4,6-10H2. The number of nitrogens with one attached hydrogen (secondary N) is 1. The maximum absolute atomic E-state index is 5.85. The third-order valence-corrected chi connectivity index (χ3v) is 5.08. The largest absolute Gasteiger partial charge is 0.375 e. The highest BCUT2D eigenvalue weighted by atomic mass is 32.1. The van der Waals surface area contributed by atoms with Gasteiger partial charge in [0.05, 0.1) is 12.7 Å². The van der Waals surface area contributed by atoms with Crippen LogP contribution in [-0.4, -0.2) is 49.8 Å². The van der Waals surface area contributed by atoms with Gasteiger partial charge in [-0.25, -0.2) is 0 Å². The number of rotatable bonds is 6. The van der Waals surface area contributed by atoms with E-state index in [-0.39, 0.29) is 0 Å². The van der Waals surface area contributed by atoms with E-state index in [0.29, 0.717) is 12.1 Å². The van der Waals surface area contributed by atoms with Crippen LogP contribution in [0.1, 0.15) is 24.8 Å². The van der Waals surface area contributed by atoms with E-state index < -0.39 is 0 Å². The molecule has 1 aromatic rings. The van der Waals surface area contributed by atoms with Crippen molar-refractivity contribution in [2.24, 2.45) is 0 Å². The summed E-state index contributed by atoms with van der Waals surface area (Å²) < 4.78 is 5.85. The summed E-state index contributed by atoms with van der Waals surface area (Å²) in [6.07, 6.45) is 5.63. The lowest BCUT2D eigenvalue weighted by Gasteiger charge is -2.37. The minimum Gasteiger partial charge on any atom is -0.375 e. The van der Waals surface area contributed by atoms with Gasteiger partial charge in [-0.15, -0.1) is 0 Å². The van der Waals surface area contributed by atoms with Crippen molar-refractivity contribution in [2.45, 2.75) is 37.8 Å². The van der Waals surface area contributed by atoms with Crippen LogP contribution >= 0.6 is 11.3 Å². The Morgan fingerprint density at radius 3 is 3.26 bits per heavy atom. The molecule has 1 aromatic heterocycles. The average Bonchev–Trinajstić information content (AvgIpc) is 3.09. The van der Waals surface area contributed by atoms with Gasteiger partial charge in [-0.05, 0) is 54.6 Å². The summed E-state index contributed by atoms with van der Waals surface area (Å²) in [4.78, 5) is 2.64. The highest BCUT2D eigenvalue weighted by molar-refractivity contribution is 7.07. The van der Waals surface area contributed by atoms with Gasteiger partial charge in [0.1, 0.15) is 0 Å². The normalized spacial score (nSPS) is 27.6. The molecule has 2 fully saturated rings. The molecule has 2 atom stereocenters. The van der Waals surface area contributed by atoms with Crippen molar-refractivity contribution in [3.63, 3.8) is 0 Å². The van der Waals surface area contributed by atoms with Gasteiger partial charge in [0.15, 0.2) is 0 Å². The van der Waals surface area contributed by atoms with Crippen molar-refractivity contribution >= 4 is 11.3 Å². The fourth-order valence-electron chi connectivity index (χ4n) is 3.30. The molecule has 1 saturated heterocycles. The fraction of sp³-hybridized carbons (Fsp3) is 0.733. The van der Waals surface area contributed by atoms with Gasteiger partial charge in [-0.3, -0.25) is 4.90 Å². The van der Waals surface area contributed by atoms with Crippen LogP contribution in [0.5, 0.6) is 0 Å². The van der Waals surface area contributed by atoms with Gasteiger partial charge in [0, 0.05) is 25.7 Å². The predicted octanol–water partition coefficient (Wildman–Crippen LogP) is 2.13. The number of ether oxygens (including phenoxy) is 1. The molecule has 3 nitrogen and oxygen atoms in total. The molecule has 2 heterocycles. The molecule has 1 saturated carbocycles. The molecular formula is C15H24N2OS.